The first-order valence-electron chi connectivity index (χ1n) is 9.02. The molecule has 1 aliphatic heterocycles. The van der Waals surface area contributed by atoms with E-state index in [0.29, 0.717) is 32.0 Å². The molecule has 3 N–H and O–H groups in total. The van der Waals surface area contributed by atoms with Crippen LogP contribution in [0.25, 0.3) is 22.4 Å². The average Bonchev–Trinajstić information content (AvgIpc) is 2.98. The van der Waals surface area contributed by atoms with E-state index in [1.54, 1.807) is 4.90 Å². The lowest BCUT2D eigenvalue weighted by molar-refractivity contribution is 0.0958. The molecule has 1 atom stereocenters. The van der Waals surface area contributed by atoms with Gasteiger partial charge in [0.15, 0.2) is 0 Å². The Hall–Kier alpha value is -2.90. The van der Waals surface area contributed by atoms with Crippen LogP contribution in [0.4, 0.5) is 10.5 Å². The van der Waals surface area contributed by atoms with Crippen molar-refractivity contribution in [2.24, 2.45) is 5.92 Å². The molecule has 2 amide bonds. The number of hydrogen-bond acceptors (Lipinski definition) is 4. The number of aromatic amines is 1. The van der Waals surface area contributed by atoms with Gasteiger partial charge in [0.25, 0.3) is 0 Å². The van der Waals surface area contributed by atoms with Crippen molar-refractivity contribution in [3.05, 3.63) is 48.5 Å². The van der Waals surface area contributed by atoms with Crippen molar-refractivity contribution in [2.75, 3.05) is 38.2 Å². The molecule has 2 aromatic carbocycles. The molecule has 0 bridgehead atoms. The second-order valence-electron chi connectivity index (χ2n) is 6.68. The fourth-order valence-corrected chi connectivity index (χ4v) is 3.18. The number of ether oxygens (including phenoxy) is 1. The molecule has 140 valence electrons. The second kappa shape index (κ2) is 7.77. The van der Waals surface area contributed by atoms with Gasteiger partial charge in [-0.2, -0.15) is 0 Å². The third-order valence-corrected chi connectivity index (χ3v) is 4.68. The van der Waals surface area contributed by atoms with E-state index < -0.39 is 0 Å². The number of nitrogens with zero attached hydrogens (tertiary/aromatic N) is 2. The molecule has 0 unspecified atom stereocenters. The van der Waals surface area contributed by atoms with Crippen LogP contribution in [0.2, 0.25) is 0 Å². The first kappa shape index (κ1) is 17.5. The molecule has 0 spiro atoms. The number of urea groups is 1. The minimum absolute atomic E-state index is 0.00990. The zero-order chi connectivity index (χ0) is 18.6. The summed E-state index contributed by atoms with van der Waals surface area (Å²) in [7, 11) is 0. The maximum Gasteiger partial charge on any atom is 0.321 e. The number of rotatable bonds is 3. The Labute approximate surface area is 157 Å². The molecule has 3 aromatic rings. The van der Waals surface area contributed by atoms with Crippen LogP contribution in [-0.4, -0.2) is 58.9 Å². The lowest BCUT2D eigenvalue weighted by atomic mass is 10.1. The zero-order valence-corrected chi connectivity index (χ0v) is 14.9. The summed E-state index contributed by atoms with van der Waals surface area (Å²) < 4.78 is 5.43. The van der Waals surface area contributed by atoms with Gasteiger partial charge in [0.05, 0.1) is 24.2 Å². The Kier molecular flexibility index (Phi) is 5.04. The number of aliphatic hydroxyl groups excluding tert-OH is 1. The third kappa shape index (κ3) is 3.94. The largest absolute Gasteiger partial charge is 0.396 e. The van der Waals surface area contributed by atoms with Crippen molar-refractivity contribution in [1.29, 1.82) is 0 Å². The zero-order valence-electron chi connectivity index (χ0n) is 14.9. The number of para-hydroxylation sites is 2. The third-order valence-electron chi connectivity index (χ3n) is 4.68. The smallest absolute Gasteiger partial charge is 0.321 e. The minimum Gasteiger partial charge on any atom is -0.396 e. The van der Waals surface area contributed by atoms with Crippen molar-refractivity contribution in [3.63, 3.8) is 0 Å². The Morgan fingerprint density at radius 2 is 2.07 bits per heavy atom. The highest BCUT2D eigenvalue weighted by Gasteiger charge is 2.22. The molecule has 0 saturated carbocycles. The summed E-state index contributed by atoms with van der Waals surface area (Å²) in [5.74, 6) is 0.748. The van der Waals surface area contributed by atoms with Crippen molar-refractivity contribution in [3.8, 4) is 11.4 Å². The molecule has 1 saturated heterocycles. The van der Waals surface area contributed by atoms with Gasteiger partial charge in [-0.05, 0) is 36.4 Å². The Morgan fingerprint density at radius 3 is 2.85 bits per heavy atom. The summed E-state index contributed by atoms with van der Waals surface area (Å²) in [6.07, 6.45) is 0. The van der Waals surface area contributed by atoms with Crippen molar-refractivity contribution in [2.45, 2.75) is 0 Å². The molecule has 1 fully saturated rings. The minimum atomic E-state index is -0.185. The van der Waals surface area contributed by atoms with Crippen LogP contribution >= 0.6 is 0 Å². The van der Waals surface area contributed by atoms with Crippen molar-refractivity contribution >= 4 is 22.8 Å². The number of hydrogen-bond donors (Lipinski definition) is 3. The van der Waals surface area contributed by atoms with Crippen molar-refractivity contribution in [1.82, 2.24) is 14.9 Å². The van der Waals surface area contributed by atoms with Gasteiger partial charge in [0.1, 0.15) is 5.82 Å². The Morgan fingerprint density at radius 1 is 1.26 bits per heavy atom. The molecule has 0 aliphatic carbocycles. The van der Waals surface area contributed by atoms with E-state index >= 15 is 0 Å². The van der Waals surface area contributed by atoms with Crippen LogP contribution < -0.4 is 5.32 Å². The average molecular weight is 366 g/mol. The van der Waals surface area contributed by atoms with Gasteiger partial charge in [0, 0.05) is 36.9 Å². The molecule has 1 aromatic heterocycles. The summed E-state index contributed by atoms with van der Waals surface area (Å²) in [4.78, 5) is 22.1. The van der Waals surface area contributed by atoms with Gasteiger partial charge < -0.3 is 25.0 Å². The number of H-pyrrole nitrogens is 1. The number of anilines is 1. The lowest BCUT2D eigenvalue weighted by Gasteiger charge is -2.23. The maximum atomic E-state index is 12.5. The summed E-state index contributed by atoms with van der Waals surface area (Å²) in [5.41, 5.74) is 3.58. The predicted molar refractivity (Wildman–Crippen MR) is 104 cm³/mol. The van der Waals surface area contributed by atoms with E-state index in [-0.39, 0.29) is 18.6 Å². The summed E-state index contributed by atoms with van der Waals surface area (Å²) >= 11 is 0. The standard InChI is InChI=1S/C20H22N4O3/c25-12-14-11-24(9-10-27-13-14)20(26)21-16-7-5-15(6-8-16)19-22-17-3-1-2-4-18(17)23-19/h1-8,14,25H,9-13H2,(H,21,26)(H,22,23)/t14-/m0/s1. The van der Waals surface area contributed by atoms with Crippen molar-refractivity contribution < 1.29 is 14.6 Å². The molecule has 7 heteroatoms. The molecule has 4 rings (SSSR count). The lowest BCUT2D eigenvalue weighted by Crippen LogP contribution is -2.39. The van der Waals surface area contributed by atoms with E-state index in [0.717, 1.165) is 22.4 Å². The maximum absolute atomic E-state index is 12.5. The fraction of sp³-hybridized carbons (Fsp3) is 0.300. The number of aromatic nitrogens is 2. The SMILES string of the molecule is O=C(Nc1ccc(-c2nc3ccccc3[nH]2)cc1)N1CCOC[C@H](CO)C1. The highest BCUT2D eigenvalue weighted by atomic mass is 16.5. The van der Waals surface area contributed by atoms with Gasteiger partial charge in [-0.1, -0.05) is 12.1 Å². The summed E-state index contributed by atoms with van der Waals surface area (Å²) in [6, 6.07) is 15.3. The molecular weight excluding hydrogens is 344 g/mol. The summed E-state index contributed by atoms with van der Waals surface area (Å²) in [5, 5.41) is 12.3. The normalized spacial score (nSPS) is 17.7. The van der Waals surface area contributed by atoms with Gasteiger partial charge in [0.2, 0.25) is 0 Å². The monoisotopic (exact) mass is 366 g/mol. The van der Waals surface area contributed by atoms with E-state index in [4.69, 9.17) is 4.74 Å². The van der Waals surface area contributed by atoms with Gasteiger partial charge in [-0.25, -0.2) is 9.78 Å². The van der Waals surface area contributed by atoms with Crippen LogP contribution in [0, 0.1) is 5.92 Å². The van der Waals surface area contributed by atoms with Crippen LogP contribution in [0.3, 0.4) is 0 Å². The fourth-order valence-electron chi connectivity index (χ4n) is 3.18. The highest BCUT2D eigenvalue weighted by molar-refractivity contribution is 5.89. The quantitative estimate of drug-likeness (QED) is 0.665. The number of carbonyl (C=O) groups is 1. The predicted octanol–water partition coefficient (Wildman–Crippen LogP) is 2.70. The molecule has 2 heterocycles. The molecular formula is C20H22N4O3. The number of aliphatic hydroxyl groups is 1. The van der Waals surface area contributed by atoms with Crippen LogP contribution in [-0.2, 0) is 4.74 Å². The van der Waals surface area contributed by atoms with E-state index in [2.05, 4.69) is 15.3 Å². The van der Waals surface area contributed by atoms with E-state index in [9.17, 15) is 9.90 Å². The van der Waals surface area contributed by atoms with Gasteiger partial charge >= 0.3 is 6.03 Å². The molecule has 1 aliphatic rings. The summed E-state index contributed by atoms with van der Waals surface area (Å²) in [6.45, 7) is 1.97. The molecule has 27 heavy (non-hydrogen) atoms. The number of benzene rings is 2. The number of carbonyl (C=O) groups excluding carboxylic acids is 1. The Bertz CT molecular complexity index is 889. The van der Waals surface area contributed by atoms with Gasteiger partial charge in [-0.3, -0.25) is 0 Å². The highest BCUT2D eigenvalue weighted by Crippen LogP contribution is 2.22. The van der Waals surface area contributed by atoms with Crippen LogP contribution in [0.15, 0.2) is 48.5 Å². The van der Waals surface area contributed by atoms with E-state index in [1.807, 2.05) is 48.5 Å². The van der Waals surface area contributed by atoms with Crippen LogP contribution in [0.5, 0.6) is 0 Å². The molecule has 0 radical (unpaired) electrons. The van der Waals surface area contributed by atoms with Gasteiger partial charge in [-0.15, -0.1) is 0 Å². The number of amides is 2. The van der Waals surface area contributed by atoms with Crippen LogP contribution in [0.1, 0.15) is 0 Å². The first-order chi connectivity index (χ1) is 13.2. The number of fused-ring (bicyclic) bond motifs is 1. The first-order valence-corrected chi connectivity index (χ1v) is 9.02. The number of imidazole rings is 1. The van der Waals surface area contributed by atoms with E-state index in [1.165, 1.54) is 0 Å². The number of nitrogens with one attached hydrogen (secondary N) is 2. The molecule has 7 nitrogen and oxygen atoms in total. The topological polar surface area (TPSA) is 90.5 Å². The Balaban J connectivity index is 1.45. The second-order valence-corrected chi connectivity index (χ2v) is 6.68.